The summed E-state index contributed by atoms with van der Waals surface area (Å²) in [5.74, 6) is 1.04. The van der Waals surface area contributed by atoms with Crippen molar-refractivity contribution in [2.75, 3.05) is 11.9 Å². The first-order chi connectivity index (χ1) is 14.7. The Bertz CT molecular complexity index is 823. The number of amides is 3. The monoisotopic (exact) mass is 437 g/mol. The van der Waals surface area contributed by atoms with E-state index in [9.17, 15) is 22.8 Å². The van der Waals surface area contributed by atoms with Crippen molar-refractivity contribution in [3.8, 4) is 0 Å². The van der Waals surface area contributed by atoms with E-state index in [1.807, 2.05) is 0 Å². The summed E-state index contributed by atoms with van der Waals surface area (Å²) in [4.78, 5) is 27.2. The molecule has 2 saturated carbocycles. The maximum absolute atomic E-state index is 12.9. The number of rotatable bonds is 4. The van der Waals surface area contributed by atoms with Gasteiger partial charge in [-0.2, -0.15) is 13.2 Å². The molecule has 4 atom stereocenters. The number of hydrogen-bond acceptors (Lipinski definition) is 2. The predicted molar refractivity (Wildman–Crippen MR) is 111 cm³/mol. The van der Waals surface area contributed by atoms with Gasteiger partial charge < -0.3 is 15.5 Å². The summed E-state index contributed by atoms with van der Waals surface area (Å²) in [7, 11) is 0. The summed E-state index contributed by atoms with van der Waals surface area (Å²) >= 11 is 0. The first-order valence-electron chi connectivity index (χ1n) is 11.3. The second kappa shape index (κ2) is 8.71. The van der Waals surface area contributed by atoms with E-state index < -0.39 is 17.8 Å². The highest BCUT2D eigenvalue weighted by molar-refractivity contribution is 5.89. The minimum Gasteiger partial charge on any atom is -0.338 e. The largest absolute Gasteiger partial charge is 0.416 e. The first kappa shape index (κ1) is 22.0. The SMILES string of the molecule is C[C@H]1C[C@@H]2[C@@H](CC(=O)N2C2CCCCC2)[C@@H]1CNC(=O)Nc1cccc(C(F)(F)F)c1. The second-order valence-corrected chi connectivity index (χ2v) is 9.32. The van der Waals surface area contributed by atoms with Gasteiger partial charge in [-0.25, -0.2) is 4.79 Å². The Balaban J connectivity index is 1.35. The van der Waals surface area contributed by atoms with Crippen LogP contribution in [0.15, 0.2) is 24.3 Å². The van der Waals surface area contributed by atoms with Crippen LogP contribution >= 0.6 is 0 Å². The number of anilines is 1. The lowest BCUT2D eigenvalue weighted by Crippen LogP contribution is -2.43. The zero-order chi connectivity index (χ0) is 22.2. The summed E-state index contributed by atoms with van der Waals surface area (Å²) < 4.78 is 38.6. The molecule has 2 N–H and O–H groups in total. The Kier molecular flexibility index (Phi) is 6.17. The molecule has 4 rings (SSSR count). The van der Waals surface area contributed by atoms with E-state index in [-0.39, 0.29) is 29.5 Å². The summed E-state index contributed by atoms with van der Waals surface area (Å²) in [6, 6.07) is 4.68. The Morgan fingerprint density at radius 3 is 2.65 bits per heavy atom. The number of carbonyl (C=O) groups excluding carboxylic acids is 2. The molecule has 1 aromatic carbocycles. The van der Waals surface area contributed by atoms with E-state index in [4.69, 9.17) is 0 Å². The van der Waals surface area contributed by atoms with Crippen LogP contribution in [-0.4, -0.2) is 35.5 Å². The lowest BCUT2D eigenvalue weighted by molar-refractivity contribution is -0.137. The molecule has 1 aromatic rings. The number of benzene rings is 1. The van der Waals surface area contributed by atoms with Crippen molar-refractivity contribution in [2.24, 2.45) is 17.8 Å². The van der Waals surface area contributed by atoms with Gasteiger partial charge in [0.15, 0.2) is 0 Å². The molecule has 3 aliphatic rings. The van der Waals surface area contributed by atoms with Gasteiger partial charge >= 0.3 is 12.2 Å². The standard InChI is InChI=1S/C23H30F3N3O2/c1-14-10-20-18(12-21(30)29(20)17-8-3-2-4-9-17)19(14)13-27-22(31)28-16-7-5-6-15(11-16)23(24,25)26/h5-7,11,14,17-20H,2-4,8-10,12-13H2,1H3,(H2,27,28,31)/t14-,18-,19+,20+/m0/s1. The number of nitrogens with zero attached hydrogens (tertiary/aromatic N) is 1. The molecule has 1 heterocycles. The van der Waals surface area contributed by atoms with E-state index in [0.29, 0.717) is 24.9 Å². The summed E-state index contributed by atoms with van der Waals surface area (Å²) in [6.07, 6.45) is 2.82. The average Bonchev–Trinajstić information content (AvgIpc) is 3.19. The van der Waals surface area contributed by atoms with Crippen LogP contribution < -0.4 is 10.6 Å². The van der Waals surface area contributed by atoms with Crippen LogP contribution in [0.4, 0.5) is 23.7 Å². The summed E-state index contributed by atoms with van der Waals surface area (Å²) in [6.45, 7) is 2.58. The van der Waals surface area contributed by atoms with E-state index in [1.165, 1.54) is 31.4 Å². The second-order valence-electron chi connectivity index (χ2n) is 9.32. The fourth-order valence-corrected chi connectivity index (χ4v) is 5.88. The topological polar surface area (TPSA) is 61.4 Å². The highest BCUT2D eigenvalue weighted by Gasteiger charge is 2.52. The van der Waals surface area contributed by atoms with Crippen LogP contribution in [0.2, 0.25) is 0 Å². The van der Waals surface area contributed by atoms with Gasteiger partial charge in [0.25, 0.3) is 0 Å². The number of halogens is 3. The van der Waals surface area contributed by atoms with Crippen molar-refractivity contribution in [3.05, 3.63) is 29.8 Å². The van der Waals surface area contributed by atoms with Gasteiger partial charge in [0, 0.05) is 30.7 Å². The van der Waals surface area contributed by atoms with Crippen LogP contribution in [0.5, 0.6) is 0 Å². The zero-order valence-electron chi connectivity index (χ0n) is 17.8. The van der Waals surface area contributed by atoms with E-state index in [1.54, 1.807) is 0 Å². The lowest BCUT2D eigenvalue weighted by Gasteiger charge is -2.35. The zero-order valence-corrected chi connectivity index (χ0v) is 17.8. The molecule has 0 unspecified atom stereocenters. The van der Waals surface area contributed by atoms with E-state index >= 15 is 0 Å². The van der Waals surface area contributed by atoms with Gasteiger partial charge in [-0.15, -0.1) is 0 Å². The fourth-order valence-electron chi connectivity index (χ4n) is 5.88. The van der Waals surface area contributed by atoms with Gasteiger partial charge in [0.2, 0.25) is 5.91 Å². The molecule has 5 nitrogen and oxygen atoms in total. The highest BCUT2D eigenvalue weighted by Crippen LogP contribution is 2.47. The van der Waals surface area contributed by atoms with Crippen molar-refractivity contribution >= 4 is 17.6 Å². The van der Waals surface area contributed by atoms with Gasteiger partial charge in [0.05, 0.1) is 5.56 Å². The number of likely N-dealkylation sites (tertiary alicyclic amines) is 1. The quantitative estimate of drug-likeness (QED) is 0.694. The van der Waals surface area contributed by atoms with Crippen molar-refractivity contribution in [1.82, 2.24) is 10.2 Å². The molecular weight excluding hydrogens is 407 g/mol. The number of urea groups is 1. The molecule has 1 saturated heterocycles. The third-order valence-electron chi connectivity index (χ3n) is 7.36. The molecule has 0 aromatic heterocycles. The van der Waals surface area contributed by atoms with Crippen LogP contribution in [-0.2, 0) is 11.0 Å². The van der Waals surface area contributed by atoms with Crippen LogP contribution in [0, 0.1) is 17.8 Å². The molecule has 31 heavy (non-hydrogen) atoms. The highest BCUT2D eigenvalue weighted by atomic mass is 19.4. The Labute approximate surface area is 180 Å². The minimum atomic E-state index is -4.46. The van der Waals surface area contributed by atoms with E-state index in [0.717, 1.165) is 31.4 Å². The van der Waals surface area contributed by atoms with Crippen molar-refractivity contribution in [1.29, 1.82) is 0 Å². The molecule has 3 fully saturated rings. The smallest absolute Gasteiger partial charge is 0.338 e. The van der Waals surface area contributed by atoms with Crippen molar-refractivity contribution in [3.63, 3.8) is 0 Å². The van der Waals surface area contributed by atoms with Crippen LogP contribution in [0.25, 0.3) is 0 Å². The van der Waals surface area contributed by atoms with Crippen LogP contribution in [0.3, 0.4) is 0 Å². The number of carbonyl (C=O) groups is 2. The Morgan fingerprint density at radius 1 is 1.19 bits per heavy atom. The maximum Gasteiger partial charge on any atom is 0.416 e. The molecule has 2 aliphatic carbocycles. The Morgan fingerprint density at radius 2 is 1.94 bits per heavy atom. The fraction of sp³-hybridized carbons (Fsp3) is 0.652. The summed E-state index contributed by atoms with van der Waals surface area (Å²) in [5, 5.41) is 5.32. The maximum atomic E-state index is 12.9. The van der Waals surface area contributed by atoms with Crippen molar-refractivity contribution < 1.29 is 22.8 Å². The molecule has 170 valence electrons. The number of nitrogens with one attached hydrogen (secondary N) is 2. The average molecular weight is 438 g/mol. The number of hydrogen-bond donors (Lipinski definition) is 2. The predicted octanol–water partition coefficient (Wildman–Crippen LogP) is 5.03. The van der Waals surface area contributed by atoms with Crippen LogP contribution in [0.1, 0.15) is 57.4 Å². The summed E-state index contributed by atoms with van der Waals surface area (Å²) in [5.41, 5.74) is -0.700. The number of fused-ring (bicyclic) bond motifs is 1. The van der Waals surface area contributed by atoms with E-state index in [2.05, 4.69) is 22.5 Å². The lowest BCUT2D eigenvalue weighted by atomic mass is 9.88. The molecule has 0 radical (unpaired) electrons. The molecular formula is C23H30F3N3O2. The number of alkyl halides is 3. The van der Waals surface area contributed by atoms with Gasteiger partial charge in [-0.3, -0.25) is 4.79 Å². The third-order valence-corrected chi connectivity index (χ3v) is 7.36. The molecule has 0 bridgehead atoms. The molecule has 1 aliphatic heterocycles. The molecule has 8 heteroatoms. The van der Waals surface area contributed by atoms with Gasteiger partial charge in [-0.05, 0) is 55.2 Å². The molecule has 3 amide bonds. The Hall–Kier alpha value is -2.25. The van der Waals surface area contributed by atoms with Crippen molar-refractivity contribution in [2.45, 2.75) is 70.1 Å². The molecule has 0 spiro atoms. The first-order valence-corrected chi connectivity index (χ1v) is 11.3. The minimum absolute atomic E-state index is 0.101. The third kappa shape index (κ3) is 4.67. The van der Waals surface area contributed by atoms with Gasteiger partial charge in [-0.1, -0.05) is 32.3 Å². The normalized spacial score (nSPS) is 29.2. The van der Waals surface area contributed by atoms with Gasteiger partial charge in [0.1, 0.15) is 0 Å².